The van der Waals surface area contributed by atoms with E-state index >= 15 is 0 Å². The van der Waals surface area contributed by atoms with E-state index in [9.17, 15) is 18.4 Å². The molecule has 7 heteroatoms. The first kappa shape index (κ1) is 13.2. The van der Waals surface area contributed by atoms with Crippen LogP contribution in [0.15, 0.2) is 0 Å². The van der Waals surface area contributed by atoms with E-state index in [1.54, 1.807) is 11.6 Å². The Hall–Kier alpha value is -0.850. The minimum Gasteiger partial charge on any atom is -0.480 e. The summed E-state index contributed by atoms with van der Waals surface area (Å²) < 4.78 is 23.5. The normalized spacial score (nSPS) is 12.6. The summed E-state index contributed by atoms with van der Waals surface area (Å²) >= 11 is 1.38. The number of alkyl halides is 2. The number of hydrogen-bond acceptors (Lipinski definition) is 3. The van der Waals surface area contributed by atoms with Crippen LogP contribution in [-0.2, 0) is 9.59 Å². The molecule has 0 rings (SSSR count). The van der Waals surface area contributed by atoms with Crippen LogP contribution in [0.3, 0.4) is 0 Å². The number of rotatable bonds is 6. The van der Waals surface area contributed by atoms with Gasteiger partial charge in [-0.25, -0.2) is 4.79 Å². The molecule has 0 bridgehead atoms. The number of carbonyl (C=O) groups excluding carboxylic acids is 1. The molecule has 0 aromatic heterocycles. The Morgan fingerprint density at radius 3 is 2.43 bits per heavy atom. The minimum atomic E-state index is -3.17. The van der Waals surface area contributed by atoms with E-state index in [1.807, 2.05) is 0 Å². The standard InChI is InChI=1S/C7H11F2NO3S/c1-14-3-2-4(7(12)13)10-6(11)5(8)9/h4-5H,2-3H2,1H3,(H,10,11)(H,12,13)/t4-/m1/s1. The van der Waals surface area contributed by atoms with Crippen molar-refractivity contribution in [1.82, 2.24) is 5.32 Å². The van der Waals surface area contributed by atoms with Crippen LogP contribution in [0.1, 0.15) is 6.42 Å². The third-order valence-corrected chi connectivity index (χ3v) is 2.07. The van der Waals surface area contributed by atoms with Gasteiger partial charge in [-0.1, -0.05) is 0 Å². The highest BCUT2D eigenvalue weighted by Gasteiger charge is 2.23. The molecule has 14 heavy (non-hydrogen) atoms. The number of nitrogens with one attached hydrogen (secondary N) is 1. The maximum atomic E-state index is 11.8. The molecule has 0 aliphatic rings. The summed E-state index contributed by atoms with van der Waals surface area (Å²) in [4.78, 5) is 21.0. The Balaban J connectivity index is 4.09. The molecule has 0 radical (unpaired) electrons. The van der Waals surface area contributed by atoms with Gasteiger partial charge in [0.2, 0.25) is 0 Å². The highest BCUT2D eigenvalue weighted by Crippen LogP contribution is 2.02. The van der Waals surface area contributed by atoms with Crippen molar-refractivity contribution in [2.75, 3.05) is 12.0 Å². The molecule has 4 nitrogen and oxygen atoms in total. The zero-order valence-electron chi connectivity index (χ0n) is 7.50. The maximum absolute atomic E-state index is 11.8. The lowest BCUT2D eigenvalue weighted by atomic mass is 10.2. The molecule has 82 valence electrons. The third-order valence-electron chi connectivity index (χ3n) is 1.42. The zero-order chi connectivity index (χ0) is 11.1. The molecule has 0 aliphatic carbocycles. The first-order chi connectivity index (χ1) is 6.49. The highest BCUT2D eigenvalue weighted by molar-refractivity contribution is 7.98. The summed E-state index contributed by atoms with van der Waals surface area (Å²) in [6.45, 7) is 0. The van der Waals surface area contributed by atoms with E-state index in [4.69, 9.17) is 5.11 Å². The van der Waals surface area contributed by atoms with Crippen molar-refractivity contribution in [3.8, 4) is 0 Å². The van der Waals surface area contributed by atoms with E-state index < -0.39 is 24.3 Å². The second kappa shape index (κ2) is 6.58. The molecule has 0 saturated heterocycles. The molecule has 0 aromatic rings. The fraction of sp³-hybridized carbons (Fsp3) is 0.714. The fourth-order valence-electron chi connectivity index (χ4n) is 0.728. The molecule has 1 atom stereocenters. The molecule has 0 saturated carbocycles. The lowest BCUT2D eigenvalue weighted by Gasteiger charge is -2.13. The predicted molar refractivity (Wildman–Crippen MR) is 48.6 cm³/mol. The van der Waals surface area contributed by atoms with E-state index in [0.717, 1.165) is 0 Å². The number of carbonyl (C=O) groups is 2. The fourth-order valence-corrected chi connectivity index (χ4v) is 1.20. The van der Waals surface area contributed by atoms with Gasteiger partial charge in [0.1, 0.15) is 6.04 Å². The highest BCUT2D eigenvalue weighted by atomic mass is 32.2. The molecule has 0 aliphatic heterocycles. The number of carboxylic acid groups (broad SMARTS) is 1. The average Bonchev–Trinajstić information content (AvgIpc) is 2.10. The SMILES string of the molecule is CSCC[C@@H](NC(=O)C(F)F)C(=O)O. The summed E-state index contributed by atoms with van der Waals surface area (Å²) in [6, 6.07) is -1.23. The number of carboxylic acids is 1. The van der Waals surface area contributed by atoms with Gasteiger partial charge in [-0.15, -0.1) is 0 Å². The third kappa shape index (κ3) is 5.00. The van der Waals surface area contributed by atoms with Gasteiger partial charge in [0.05, 0.1) is 0 Å². The van der Waals surface area contributed by atoms with Gasteiger partial charge in [0.15, 0.2) is 0 Å². The molecule has 0 spiro atoms. The van der Waals surface area contributed by atoms with Crippen molar-refractivity contribution < 1.29 is 23.5 Å². The first-order valence-electron chi connectivity index (χ1n) is 3.79. The van der Waals surface area contributed by atoms with Gasteiger partial charge in [-0.05, 0) is 18.4 Å². The average molecular weight is 227 g/mol. The molecule has 1 amide bonds. The monoisotopic (exact) mass is 227 g/mol. The first-order valence-corrected chi connectivity index (χ1v) is 5.18. The van der Waals surface area contributed by atoms with Crippen LogP contribution in [0.5, 0.6) is 0 Å². The molecule has 0 fully saturated rings. The topological polar surface area (TPSA) is 66.4 Å². The number of aliphatic carboxylic acids is 1. The maximum Gasteiger partial charge on any atom is 0.326 e. The van der Waals surface area contributed by atoms with Crippen LogP contribution < -0.4 is 5.32 Å². The Morgan fingerprint density at radius 2 is 2.07 bits per heavy atom. The molecule has 0 heterocycles. The summed E-state index contributed by atoms with van der Waals surface area (Å²) in [5.74, 6) is -2.35. The summed E-state index contributed by atoms with van der Waals surface area (Å²) in [5, 5.41) is 10.3. The van der Waals surface area contributed by atoms with E-state index in [-0.39, 0.29) is 6.42 Å². The number of hydrogen-bond donors (Lipinski definition) is 2. The van der Waals surface area contributed by atoms with Crippen LogP contribution in [0.4, 0.5) is 8.78 Å². The number of thioether (sulfide) groups is 1. The molecule has 0 unspecified atom stereocenters. The molecular weight excluding hydrogens is 216 g/mol. The number of amides is 1. The van der Waals surface area contributed by atoms with Gasteiger partial charge in [-0.3, -0.25) is 4.79 Å². The van der Waals surface area contributed by atoms with Gasteiger partial charge >= 0.3 is 12.4 Å². The Kier molecular flexibility index (Phi) is 6.18. The van der Waals surface area contributed by atoms with Crippen molar-refractivity contribution in [2.24, 2.45) is 0 Å². The van der Waals surface area contributed by atoms with Crippen LogP contribution >= 0.6 is 11.8 Å². The molecule has 2 N–H and O–H groups in total. The minimum absolute atomic E-state index is 0.134. The predicted octanol–water partition coefficient (Wildman–Crippen LogP) is 0.574. The van der Waals surface area contributed by atoms with Crippen LogP contribution in [0.25, 0.3) is 0 Å². The van der Waals surface area contributed by atoms with Crippen LogP contribution in [0, 0.1) is 0 Å². The van der Waals surface area contributed by atoms with Crippen molar-refractivity contribution in [3.05, 3.63) is 0 Å². The quantitative estimate of drug-likeness (QED) is 0.696. The summed E-state index contributed by atoms with van der Waals surface area (Å²) in [6.07, 6.45) is -1.28. The van der Waals surface area contributed by atoms with Gasteiger partial charge in [0.25, 0.3) is 5.91 Å². The largest absolute Gasteiger partial charge is 0.480 e. The van der Waals surface area contributed by atoms with Crippen LogP contribution in [0.2, 0.25) is 0 Å². The van der Waals surface area contributed by atoms with E-state index in [1.165, 1.54) is 11.8 Å². The van der Waals surface area contributed by atoms with Gasteiger partial charge < -0.3 is 10.4 Å². The van der Waals surface area contributed by atoms with Crippen molar-refractivity contribution in [2.45, 2.75) is 18.9 Å². The zero-order valence-corrected chi connectivity index (χ0v) is 8.31. The van der Waals surface area contributed by atoms with Crippen molar-refractivity contribution in [3.63, 3.8) is 0 Å². The molecule has 0 aromatic carbocycles. The van der Waals surface area contributed by atoms with E-state index in [0.29, 0.717) is 5.75 Å². The summed E-state index contributed by atoms with van der Waals surface area (Å²) in [7, 11) is 0. The number of halogens is 2. The smallest absolute Gasteiger partial charge is 0.326 e. The van der Waals surface area contributed by atoms with Crippen molar-refractivity contribution in [1.29, 1.82) is 0 Å². The molecular formula is C7H11F2NO3S. The lowest BCUT2D eigenvalue weighted by Crippen LogP contribution is -2.43. The van der Waals surface area contributed by atoms with Gasteiger partial charge in [0, 0.05) is 0 Å². The lowest BCUT2D eigenvalue weighted by molar-refractivity contribution is -0.144. The second-order valence-corrected chi connectivity index (χ2v) is 3.47. The van der Waals surface area contributed by atoms with E-state index in [2.05, 4.69) is 0 Å². The van der Waals surface area contributed by atoms with Gasteiger partial charge in [-0.2, -0.15) is 20.5 Å². The Labute approximate surface area is 84.1 Å². The van der Waals surface area contributed by atoms with Crippen molar-refractivity contribution >= 4 is 23.6 Å². The Morgan fingerprint density at radius 1 is 1.50 bits per heavy atom. The summed E-state index contributed by atoms with van der Waals surface area (Å²) in [5.41, 5.74) is 0. The second-order valence-electron chi connectivity index (χ2n) is 2.48. The van der Waals surface area contributed by atoms with Crippen LogP contribution in [-0.4, -0.2) is 41.5 Å². The Bertz CT molecular complexity index is 213.